The minimum absolute atomic E-state index is 0.000586. The van der Waals surface area contributed by atoms with Crippen LogP contribution in [0.15, 0.2) is 17.6 Å². The summed E-state index contributed by atoms with van der Waals surface area (Å²) in [5.41, 5.74) is -0.377. The van der Waals surface area contributed by atoms with Gasteiger partial charge in [-0.3, -0.25) is 4.79 Å². The molecule has 3 heterocycles. The molecular weight excluding hydrogens is 405 g/mol. The second-order valence-corrected chi connectivity index (χ2v) is 11.3. The number of hydrogen-bond acceptors (Lipinski definition) is 7. The van der Waals surface area contributed by atoms with Gasteiger partial charge in [-0.1, -0.05) is 0 Å². The Hall–Kier alpha value is -1.52. The van der Waals surface area contributed by atoms with E-state index in [4.69, 9.17) is 9.31 Å². The van der Waals surface area contributed by atoms with E-state index in [1.54, 1.807) is 6.92 Å². The standard InChI is InChI=1S/C20H32BN3O5S/c1-15(25)24-10-6-8-16(14-24)9-7-11-30(26,27)18-22-12-17(13-23-18)21-28-19(2,3)20(4,5)29-21/h12-13,16H,6-11,14H2,1-5H3/t16-/m1/s1. The molecule has 1 aromatic heterocycles. The summed E-state index contributed by atoms with van der Waals surface area (Å²) in [6.45, 7) is 10.9. The number of nitrogens with zero attached hydrogens (tertiary/aromatic N) is 3. The third-order valence-corrected chi connectivity index (χ3v) is 8.03. The molecule has 0 aliphatic carbocycles. The molecule has 10 heteroatoms. The van der Waals surface area contributed by atoms with Gasteiger partial charge >= 0.3 is 7.12 Å². The molecule has 2 aliphatic heterocycles. The van der Waals surface area contributed by atoms with Crippen molar-refractivity contribution >= 4 is 28.3 Å². The molecule has 1 atom stereocenters. The molecular formula is C20H32BN3O5S. The number of aromatic nitrogens is 2. The van der Waals surface area contributed by atoms with E-state index in [1.807, 2.05) is 32.6 Å². The fraction of sp³-hybridized carbons (Fsp3) is 0.750. The van der Waals surface area contributed by atoms with Crippen molar-refractivity contribution in [3.05, 3.63) is 12.4 Å². The Morgan fingerprint density at radius 2 is 1.80 bits per heavy atom. The summed E-state index contributed by atoms with van der Waals surface area (Å²) in [7, 11) is -4.18. The van der Waals surface area contributed by atoms with Gasteiger partial charge in [0.1, 0.15) is 0 Å². The fourth-order valence-electron chi connectivity index (χ4n) is 3.83. The van der Waals surface area contributed by atoms with Crippen LogP contribution >= 0.6 is 0 Å². The lowest BCUT2D eigenvalue weighted by Crippen LogP contribution is -2.41. The Bertz CT molecular complexity index is 857. The number of hydrogen-bond donors (Lipinski definition) is 0. The SMILES string of the molecule is CC(=O)N1CCC[C@H](CCCS(=O)(=O)c2ncc(B3OC(C)(C)C(C)(C)O3)cn2)C1. The number of likely N-dealkylation sites (tertiary alicyclic amines) is 1. The molecule has 166 valence electrons. The summed E-state index contributed by atoms with van der Waals surface area (Å²) >= 11 is 0. The zero-order chi connectivity index (χ0) is 22.2. The van der Waals surface area contributed by atoms with E-state index in [2.05, 4.69) is 9.97 Å². The molecule has 0 radical (unpaired) electrons. The third kappa shape index (κ3) is 5.03. The maximum absolute atomic E-state index is 12.6. The van der Waals surface area contributed by atoms with Gasteiger partial charge in [-0.05, 0) is 59.3 Å². The van der Waals surface area contributed by atoms with Crippen molar-refractivity contribution in [1.29, 1.82) is 0 Å². The van der Waals surface area contributed by atoms with Gasteiger partial charge in [0, 0.05) is 37.9 Å². The number of sulfone groups is 1. The Kier molecular flexibility index (Phi) is 6.60. The number of rotatable bonds is 6. The van der Waals surface area contributed by atoms with Gasteiger partial charge in [0.2, 0.25) is 20.9 Å². The normalized spacial score (nSPS) is 23.6. The van der Waals surface area contributed by atoms with E-state index in [0.29, 0.717) is 24.3 Å². The van der Waals surface area contributed by atoms with Crippen LogP contribution in [0.2, 0.25) is 0 Å². The molecule has 0 spiro atoms. The summed E-state index contributed by atoms with van der Waals surface area (Å²) in [5, 5.41) is -0.170. The highest BCUT2D eigenvalue weighted by Crippen LogP contribution is 2.36. The van der Waals surface area contributed by atoms with E-state index in [-0.39, 0.29) is 16.8 Å². The van der Waals surface area contributed by atoms with E-state index in [9.17, 15) is 13.2 Å². The minimum Gasteiger partial charge on any atom is -0.399 e. The van der Waals surface area contributed by atoms with Gasteiger partial charge in [-0.25, -0.2) is 18.4 Å². The molecule has 3 rings (SSSR count). The third-order valence-electron chi connectivity index (χ3n) is 6.44. The largest absolute Gasteiger partial charge is 0.498 e. The Morgan fingerprint density at radius 3 is 2.37 bits per heavy atom. The molecule has 2 aliphatic rings. The van der Waals surface area contributed by atoms with Gasteiger partial charge in [0.15, 0.2) is 0 Å². The second-order valence-electron chi connectivity index (χ2n) is 9.32. The predicted molar refractivity (Wildman–Crippen MR) is 114 cm³/mol. The highest BCUT2D eigenvalue weighted by atomic mass is 32.2. The Labute approximate surface area is 179 Å². The lowest BCUT2D eigenvalue weighted by Gasteiger charge is -2.32. The molecule has 1 aromatic rings. The maximum Gasteiger partial charge on any atom is 0.498 e. The monoisotopic (exact) mass is 437 g/mol. The van der Waals surface area contributed by atoms with Crippen LogP contribution in [-0.2, 0) is 23.9 Å². The van der Waals surface area contributed by atoms with Crippen molar-refractivity contribution in [1.82, 2.24) is 14.9 Å². The molecule has 0 bridgehead atoms. The average molecular weight is 437 g/mol. The quantitative estimate of drug-likeness (QED) is 0.492. The number of carbonyl (C=O) groups is 1. The molecule has 2 fully saturated rings. The fourth-order valence-corrected chi connectivity index (χ4v) is 4.98. The molecule has 8 nitrogen and oxygen atoms in total. The van der Waals surface area contributed by atoms with Gasteiger partial charge < -0.3 is 14.2 Å². The Balaban J connectivity index is 1.56. The predicted octanol–water partition coefficient (Wildman–Crippen LogP) is 1.59. The van der Waals surface area contributed by atoms with Crippen LogP contribution in [0.3, 0.4) is 0 Å². The summed E-state index contributed by atoms with van der Waals surface area (Å²) in [5.74, 6) is 0.437. The van der Waals surface area contributed by atoms with Crippen molar-refractivity contribution < 1.29 is 22.5 Å². The lowest BCUT2D eigenvalue weighted by atomic mass is 9.81. The molecule has 0 N–H and O–H groups in total. The van der Waals surface area contributed by atoms with Crippen LogP contribution in [0, 0.1) is 5.92 Å². The van der Waals surface area contributed by atoms with E-state index >= 15 is 0 Å². The van der Waals surface area contributed by atoms with Crippen molar-refractivity contribution in [2.75, 3.05) is 18.8 Å². The van der Waals surface area contributed by atoms with E-state index < -0.39 is 28.2 Å². The van der Waals surface area contributed by atoms with Crippen molar-refractivity contribution in [3.8, 4) is 0 Å². The van der Waals surface area contributed by atoms with Crippen LogP contribution in [0.5, 0.6) is 0 Å². The molecule has 2 saturated heterocycles. The molecule has 30 heavy (non-hydrogen) atoms. The average Bonchev–Trinajstić information content (AvgIpc) is 2.89. The summed E-state index contributed by atoms with van der Waals surface area (Å²) in [4.78, 5) is 21.6. The lowest BCUT2D eigenvalue weighted by molar-refractivity contribution is -0.130. The summed E-state index contributed by atoms with van der Waals surface area (Å²) < 4.78 is 37.2. The van der Waals surface area contributed by atoms with Crippen LogP contribution < -0.4 is 5.46 Å². The van der Waals surface area contributed by atoms with Gasteiger partial charge in [0.05, 0.1) is 17.0 Å². The maximum atomic E-state index is 12.6. The molecule has 0 saturated carbocycles. The van der Waals surface area contributed by atoms with Crippen molar-refractivity contribution in [2.24, 2.45) is 5.92 Å². The molecule has 0 aromatic carbocycles. The number of carbonyl (C=O) groups excluding carboxylic acids is 1. The summed E-state index contributed by atoms with van der Waals surface area (Å²) in [6.07, 6.45) is 6.24. The topological polar surface area (TPSA) is 98.7 Å². The number of piperidine rings is 1. The minimum atomic E-state index is -3.56. The second kappa shape index (κ2) is 8.55. The van der Waals surface area contributed by atoms with Crippen LogP contribution in [-0.4, -0.2) is 66.4 Å². The zero-order valence-corrected chi connectivity index (χ0v) is 19.4. The van der Waals surface area contributed by atoms with Crippen LogP contribution in [0.4, 0.5) is 0 Å². The number of amides is 1. The molecule has 1 amide bonds. The van der Waals surface area contributed by atoms with Gasteiger partial charge in [0.25, 0.3) is 0 Å². The van der Waals surface area contributed by atoms with Crippen LogP contribution in [0.25, 0.3) is 0 Å². The first-order chi connectivity index (χ1) is 13.9. The van der Waals surface area contributed by atoms with Crippen LogP contribution in [0.1, 0.15) is 60.3 Å². The first kappa shape index (κ1) is 23.2. The highest BCUT2D eigenvalue weighted by Gasteiger charge is 2.52. The smallest absolute Gasteiger partial charge is 0.399 e. The first-order valence-corrected chi connectivity index (χ1v) is 12.2. The van der Waals surface area contributed by atoms with Gasteiger partial charge in [-0.15, -0.1) is 0 Å². The van der Waals surface area contributed by atoms with E-state index in [1.165, 1.54) is 12.4 Å². The van der Waals surface area contributed by atoms with Gasteiger partial charge in [-0.2, -0.15) is 0 Å². The van der Waals surface area contributed by atoms with Crippen molar-refractivity contribution in [2.45, 2.75) is 76.7 Å². The highest BCUT2D eigenvalue weighted by molar-refractivity contribution is 7.91. The first-order valence-electron chi connectivity index (χ1n) is 10.6. The van der Waals surface area contributed by atoms with Crippen molar-refractivity contribution in [3.63, 3.8) is 0 Å². The zero-order valence-electron chi connectivity index (χ0n) is 18.6. The van der Waals surface area contributed by atoms with E-state index in [0.717, 1.165) is 25.8 Å². The summed E-state index contributed by atoms with van der Waals surface area (Å²) in [6, 6.07) is 0. The molecule has 0 unspecified atom stereocenters. The Morgan fingerprint density at radius 1 is 1.20 bits per heavy atom.